The van der Waals surface area contributed by atoms with Crippen LogP contribution in [-0.4, -0.2) is 15.0 Å². The lowest BCUT2D eigenvalue weighted by molar-refractivity contribution is -0.669. The van der Waals surface area contributed by atoms with Crippen molar-refractivity contribution in [1.82, 2.24) is 15.0 Å². The lowest BCUT2D eigenvalue weighted by atomic mass is 10.2. The number of allylic oxidation sites excluding steroid dienone is 2. The molecule has 2 aromatic heterocycles. The van der Waals surface area contributed by atoms with E-state index < -0.39 is 7.59 Å². The fourth-order valence-corrected chi connectivity index (χ4v) is 3.30. The molecule has 0 aliphatic heterocycles. The predicted octanol–water partition coefficient (Wildman–Crippen LogP) is 6.71. The van der Waals surface area contributed by atoms with E-state index >= 15 is 0 Å². The van der Waals surface area contributed by atoms with Crippen LogP contribution in [0.1, 0.15) is 30.1 Å². The Morgan fingerprint density at radius 2 is 1.40 bits per heavy atom. The van der Waals surface area contributed by atoms with Crippen molar-refractivity contribution in [2.45, 2.75) is 21.1 Å². The number of halogens is 6. The van der Waals surface area contributed by atoms with Gasteiger partial charge in [0.1, 0.15) is 6.54 Å². The van der Waals surface area contributed by atoms with Gasteiger partial charge in [-0.1, -0.05) is 93.9 Å². The van der Waals surface area contributed by atoms with E-state index in [0.29, 0.717) is 0 Å². The van der Waals surface area contributed by atoms with Gasteiger partial charge in [-0.3, -0.25) is 0 Å². The molecule has 1 aromatic carbocycles. The minimum Gasteiger partial charge on any atom is -0.209 e. The second-order valence-corrected chi connectivity index (χ2v) is 10.7. The van der Waals surface area contributed by atoms with Crippen molar-refractivity contribution < 1.29 is 4.57 Å². The van der Waals surface area contributed by atoms with Crippen molar-refractivity contribution in [1.29, 1.82) is 0 Å². The third kappa shape index (κ3) is 5.76. The Hall–Kier alpha value is -1.14. The van der Waals surface area contributed by atoms with Gasteiger partial charge in [-0.15, -0.1) is 0 Å². The summed E-state index contributed by atoms with van der Waals surface area (Å²) in [6, 6.07) is 12.4. The van der Waals surface area contributed by atoms with Gasteiger partial charge in [0.2, 0.25) is 18.8 Å². The molecule has 0 spiro atoms. The quantitative estimate of drug-likeness (QED) is 0.217. The lowest BCUT2D eigenvalue weighted by Crippen LogP contribution is -2.36. The lowest BCUT2D eigenvalue weighted by Gasteiger charge is -2.14. The van der Waals surface area contributed by atoms with Crippen LogP contribution in [0.4, 0.5) is 0 Å². The van der Waals surface area contributed by atoms with E-state index in [0.717, 1.165) is 17.8 Å². The van der Waals surface area contributed by atoms with Gasteiger partial charge in [-0.25, -0.2) is 15.0 Å². The predicted molar refractivity (Wildman–Crippen MR) is 126 cm³/mol. The first-order chi connectivity index (χ1) is 14.1. The normalized spacial score (nSPS) is 13.0. The molecule has 0 saturated carbocycles. The molecule has 0 atom stereocenters. The fraction of sp³-hybridized carbons (Fsp3) is 0.200. The molecule has 0 N–H and O–H groups in total. The summed E-state index contributed by atoms with van der Waals surface area (Å²) in [5.41, 5.74) is 2.20. The second-order valence-electron chi connectivity index (χ2n) is 6.12. The van der Waals surface area contributed by atoms with Crippen molar-refractivity contribution >= 4 is 92.7 Å². The molecule has 0 fully saturated rings. The molecule has 30 heavy (non-hydrogen) atoms. The van der Waals surface area contributed by atoms with Crippen molar-refractivity contribution in [3.8, 4) is 0 Å². The molecule has 0 unspecified atom stereocenters. The van der Waals surface area contributed by atoms with Crippen molar-refractivity contribution in [3.63, 3.8) is 0 Å². The summed E-state index contributed by atoms with van der Waals surface area (Å²) >= 11 is 35.3. The number of hydrogen-bond acceptors (Lipinski definition) is 3. The molecule has 0 bridgehead atoms. The van der Waals surface area contributed by atoms with Crippen LogP contribution >= 0.6 is 69.6 Å². The van der Waals surface area contributed by atoms with Crippen LogP contribution < -0.4 is 4.57 Å². The van der Waals surface area contributed by atoms with Crippen LogP contribution in [-0.2, 0) is 14.1 Å². The highest BCUT2D eigenvalue weighted by Gasteiger charge is 2.33. The first-order valence-corrected chi connectivity index (χ1v) is 11.0. The summed E-state index contributed by atoms with van der Waals surface area (Å²) in [6.07, 6.45) is 7.17. The first kappa shape index (κ1) is 23.5. The van der Waals surface area contributed by atoms with Gasteiger partial charge in [-0.05, 0) is 25.1 Å². The van der Waals surface area contributed by atoms with Gasteiger partial charge < -0.3 is 0 Å². The van der Waals surface area contributed by atoms with Crippen LogP contribution in [0, 0.1) is 0 Å². The zero-order valence-corrected chi connectivity index (χ0v) is 20.1. The molecule has 4 nitrogen and oxygen atoms in total. The maximum absolute atomic E-state index is 5.88. The Bertz CT molecular complexity index is 1080. The zero-order valence-electron chi connectivity index (χ0n) is 15.5. The van der Waals surface area contributed by atoms with E-state index in [9.17, 15) is 0 Å². The molecular weight excluding hydrogens is 509 g/mol. The first-order valence-electron chi connectivity index (χ1n) is 8.76. The molecule has 0 aliphatic rings. The summed E-state index contributed by atoms with van der Waals surface area (Å²) in [5, 5.41) is 1.18. The van der Waals surface area contributed by atoms with E-state index in [1.807, 2.05) is 24.3 Å². The highest BCUT2D eigenvalue weighted by molar-refractivity contribution is 6.67. The Morgan fingerprint density at radius 1 is 0.800 bits per heavy atom. The third-order valence-corrected chi connectivity index (χ3v) is 5.09. The van der Waals surface area contributed by atoms with Crippen molar-refractivity contribution in [3.05, 3.63) is 71.7 Å². The standard InChI is InChI=1S/C20H15Cl6N4/c1-2-30-14(12-11-13-7-3-5-9-15(13)30)8-4-6-10-16-27-17(19(21,22)23)29-18(28-16)20(24,25)26/h3-12H,2H2,1H3/q+1. The van der Waals surface area contributed by atoms with E-state index in [4.69, 9.17) is 69.6 Å². The molecule has 3 rings (SSSR count). The van der Waals surface area contributed by atoms with Crippen molar-refractivity contribution in [2.75, 3.05) is 0 Å². The SMILES string of the molecule is CC[n+]1c(C=CC=Cc2nc(C(Cl)(Cl)Cl)nc(C(Cl)(Cl)Cl)n2)ccc2ccccc21. The molecule has 0 aliphatic carbocycles. The van der Waals surface area contributed by atoms with E-state index in [1.54, 1.807) is 12.2 Å². The van der Waals surface area contributed by atoms with E-state index in [1.165, 1.54) is 5.39 Å². The fourth-order valence-electron chi connectivity index (χ4n) is 2.79. The molecule has 3 aromatic rings. The van der Waals surface area contributed by atoms with Gasteiger partial charge in [0.05, 0.1) is 0 Å². The number of benzene rings is 1. The van der Waals surface area contributed by atoms with Gasteiger partial charge >= 0.3 is 0 Å². The molecule has 156 valence electrons. The summed E-state index contributed by atoms with van der Waals surface area (Å²) in [5.74, 6) is -0.0733. The van der Waals surface area contributed by atoms with Crippen LogP contribution in [0.2, 0.25) is 0 Å². The highest BCUT2D eigenvalue weighted by Crippen LogP contribution is 2.39. The monoisotopic (exact) mass is 521 g/mol. The molecule has 10 heteroatoms. The topological polar surface area (TPSA) is 42.5 Å². The highest BCUT2D eigenvalue weighted by atomic mass is 35.6. The summed E-state index contributed by atoms with van der Waals surface area (Å²) in [6.45, 7) is 2.93. The number of fused-ring (bicyclic) bond motifs is 1. The van der Waals surface area contributed by atoms with Crippen LogP contribution in [0.15, 0.2) is 48.6 Å². The molecule has 2 heterocycles. The average Bonchev–Trinajstić information content (AvgIpc) is 2.69. The van der Waals surface area contributed by atoms with Crippen LogP contribution in [0.3, 0.4) is 0 Å². The van der Waals surface area contributed by atoms with Gasteiger partial charge in [0.15, 0.2) is 17.5 Å². The number of aromatic nitrogens is 4. The number of alkyl halides is 6. The number of aryl methyl sites for hydroxylation is 1. The van der Waals surface area contributed by atoms with Crippen LogP contribution in [0.25, 0.3) is 23.1 Å². The summed E-state index contributed by atoms with van der Waals surface area (Å²) < 4.78 is -1.56. The second kappa shape index (κ2) is 9.56. The Labute approximate surface area is 204 Å². The smallest absolute Gasteiger partial charge is 0.209 e. The van der Waals surface area contributed by atoms with E-state index in [-0.39, 0.29) is 17.5 Å². The largest absolute Gasteiger partial charge is 0.250 e. The van der Waals surface area contributed by atoms with Crippen LogP contribution in [0.5, 0.6) is 0 Å². The van der Waals surface area contributed by atoms with Gasteiger partial charge in [0, 0.05) is 23.6 Å². The molecule has 0 radical (unpaired) electrons. The minimum atomic E-state index is -1.89. The number of pyridine rings is 1. The minimum absolute atomic E-state index is 0.134. The zero-order chi connectivity index (χ0) is 21.9. The average molecular weight is 524 g/mol. The number of hydrogen-bond donors (Lipinski definition) is 0. The number of para-hydroxylation sites is 1. The van der Waals surface area contributed by atoms with Gasteiger partial charge in [-0.2, -0.15) is 4.57 Å². The van der Waals surface area contributed by atoms with Crippen molar-refractivity contribution in [2.24, 2.45) is 0 Å². The Balaban J connectivity index is 1.92. The maximum atomic E-state index is 5.88. The summed E-state index contributed by atoms with van der Waals surface area (Å²) in [7, 11) is 0. The van der Waals surface area contributed by atoms with E-state index in [2.05, 4.69) is 50.7 Å². The number of nitrogens with zero attached hydrogens (tertiary/aromatic N) is 4. The Kier molecular flexibility index (Phi) is 7.49. The number of rotatable bonds is 4. The third-order valence-electron chi connectivity index (χ3n) is 4.07. The maximum Gasteiger partial charge on any atom is 0.250 e. The van der Waals surface area contributed by atoms with Gasteiger partial charge in [0.25, 0.3) is 0 Å². The Morgan fingerprint density at radius 3 is 2.00 bits per heavy atom. The summed E-state index contributed by atoms with van der Waals surface area (Å²) in [4.78, 5) is 12.2. The molecule has 0 saturated heterocycles. The molecular formula is C20H15Cl6N4+. The molecule has 0 amide bonds.